The number of unbranched alkanes of at least 4 members (excludes halogenated alkanes) is 54. The van der Waals surface area contributed by atoms with Gasteiger partial charge in [-0.15, -0.1) is 0 Å². The van der Waals surface area contributed by atoms with Gasteiger partial charge >= 0.3 is 39.5 Å². The second-order valence-corrected chi connectivity index (χ2v) is 38.4. The Bertz CT molecular complexity index is 2710. The molecule has 0 saturated carbocycles. The summed E-state index contributed by atoms with van der Waals surface area (Å²) in [6.07, 6.45) is 43.3. The van der Waals surface area contributed by atoms with E-state index in [0.717, 1.165) is 180 Å². The lowest BCUT2D eigenvalue weighted by Crippen LogP contribution is -2.67. The number of nitrogens with one attached hydrogen (secondary N) is 2. The van der Waals surface area contributed by atoms with Gasteiger partial charge < -0.3 is 78.7 Å². The molecule has 124 heavy (non-hydrogen) atoms. The van der Waals surface area contributed by atoms with E-state index in [1.807, 2.05) is 0 Å². The summed E-state index contributed by atoms with van der Waals surface area (Å²) in [6.45, 7) is 11.0. The number of phosphoric ester groups is 2. The maximum atomic E-state index is 15.0. The molecule has 0 aromatic carbocycles. The van der Waals surface area contributed by atoms with E-state index in [9.17, 15) is 68.0 Å². The Kier molecular flexibility index (Phi) is 72.9. The fraction of sp³-hybridized carbons (Fsp3) is 0.938. The zero-order valence-electron chi connectivity index (χ0n) is 78.7. The molecule has 0 aromatic rings. The van der Waals surface area contributed by atoms with Gasteiger partial charge in [0.2, 0.25) is 11.8 Å². The Labute approximate surface area is 750 Å². The molecule has 2 rings (SSSR count). The van der Waals surface area contributed by atoms with Crippen LogP contribution in [0.25, 0.3) is 0 Å². The highest BCUT2D eigenvalue weighted by Gasteiger charge is 2.54. The number of amides is 2. The molecule has 2 saturated heterocycles. The molecule has 7 unspecified atom stereocenters. The Hall–Kier alpha value is -3.20. The SMILES string of the molecule is CCCCCCCCCCCCCCCC(=O)OC(CCCCCCC)CC(=O)O[C@@H]1C(NC(=O)CC(CCCCCCCCCCC)OC(=O)CCCCCCCCCCCCC)[C@H](OCC2O[C@H](OP(=O)(O)O)C(NC(=O)CC(CCCCCCCCCCCCC)OC(=O)CCCCCCCCCCCCC)[C@@H](O)[C@@H]2O)OC(CO)[C@H]1OP(=O)(O)O. The topological polar surface area (TPSA) is 385 Å². The second-order valence-electron chi connectivity index (χ2n) is 36.0. The normalized spacial score (nSPS) is 20.0. The van der Waals surface area contributed by atoms with Crippen LogP contribution in [0.1, 0.15) is 485 Å². The van der Waals surface area contributed by atoms with Crippen LogP contribution in [0.15, 0.2) is 0 Å². The minimum absolute atomic E-state index is 0.0907. The van der Waals surface area contributed by atoms with E-state index in [-0.39, 0.29) is 32.1 Å². The van der Waals surface area contributed by atoms with Gasteiger partial charge in [-0.3, -0.25) is 37.8 Å². The molecular weight excluding hydrogens is 1630 g/mol. The first-order valence-corrected chi connectivity index (χ1v) is 53.7. The van der Waals surface area contributed by atoms with Crippen molar-refractivity contribution >= 4 is 51.3 Å². The molecule has 28 heteroatoms. The lowest BCUT2D eigenvalue weighted by atomic mass is 9.95. The van der Waals surface area contributed by atoms with Gasteiger partial charge in [0.15, 0.2) is 18.7 Å². The quantitative estimate of drug-likeness (QED) is 0.0118. The summed E-state index contributed by atoms with van der Waals surface area (Å²) in [7, 11) is -11.2. The van der Waals surface area contributed by atoms with Gasteiger partial charge in [-0.2, -0.15) is 0 Å². The first-order valence-electron chi connectivity index (χ1n) is 50.7. The molecule has 2 fully saturated rings. The van der Waals surface area contributed by atoms with Gasteiger partial charge in [-0.25, -0.2) is 9.13 Å². The molecule has 26 nitrogen and oxygen atoms in total. The molecule has 2 aliphatic rings. The summed E-state index contributed by atoms with van der Waals surface area (Å²) in [6, 6.07) is -3.77. The van der Waals surface area contributed by atoms with Gasteiger partial charge in [-0.05, 0) is 57.8 Å². The van der Waals surface area contributed by atoms with E-state index >= 15 is 4.79 Å². The Morgan fingerprint density at radius 3 is 0.871 bits per heavy atom. The summed E-state index contributed by atoms with van der Waals surface area (Å²) in [5.74, 6) is -4.28. The second kappa shape index (κ2) is 77.4. The highest BCUT2D eigenvalue weighted by atomic mass is 31.2. The van der Waals surface area contributed by atoms with Crippen LogP contribution >= 0.6 is 15.6 Å². The summed E-state index contributed by atoms with van der Waals surface area (Å²) >= 11 is 0. The zero-order chi connectivity index (χ0) is 91.0. The number of ether oxygens (including phenoxy) is 7. The summed E-state index contributed by atoms with van der Waals surface area (Å²) in [5, 5.41) is 40.4. The third-order valence-electron chi connectivity index (χ3n) is 24.3. The number of carbonyl (C=O) groups is 6. The van der Waals surface area contributed by atoms with E-state index in [1.54, 1.807) is 0 Å². The number of phosphoric acid groups is 2. The van der Waals surface area contributed by atoms with Gasteiger partial charge in [0.25, 0.3) is 0 Å². The van der Waals surface area contributed by atoms with Crippen LogP contribution in [0.4, 0.5) is 0 Å². The van der Waals surface area contributed by atoms with Crippen LogP contribution < -0.4 is 10.6 Å². The maximum Gasteiger partial charge on any atom is 0.472 e. The molecule has 2 aliphatic heterocycles. The number of aliphatic hydroxyl groups is 3. The molecule has 0 bridgehead atoms. The standard InChI is InChI=1S/C96H182N2O24P2/c1-7-13-19-25-30-35-39-40-44-49-54-60-66-72-87(104)117-80(69-61-55-24-18-12-6)75-88(105)120-94-90(98-84(101)74-79(68-63-56-50-45-34-29-23-17-11-5)116-86(103)71-65-59-53-48-43-38-33-28-22-16-10-4)95(118-81(76-99)93(94)121-123(108,109)110)114-77-82-91(106)92(107)89(96(119-82)122-124(111,112)113)97-83(100)73-78(67-62-57-51-46-41-36-31-26-20-14-8-2)115-85(102)70-64-58-52-47-42-37-32-27-21-15-9-3/h78-82,89-96,99,106-107H,7-77H2,1-6H3,(H,97,100)(H,98,101)(H2,108,109,110)(H2,111,112,113)/t78?,79?,80?,81?,82?,89?,90?,91-,92-,93-,94-,95-,96-/m1/s1. The van der Waals surface area contributed by atoms with Gasteiger partial charge in [0.1, 0.15) is 60.9 Å². The molecular formula is C96H182N2O24P2. The molecule has 2 amide bonds. The first kappa shape index (κ1) is 117. The number of hydrogen-bond donors (Lipinski definition) is 9. The first-order chi connectivity index (χ1) is 59.9. The molecule has 0 spiro atoms. The fourth-order valence-corrected chi connectivity index (χ4v) is 17.9. The molecule has 13 atom stereocenters. The molecule has 2 heterocycles. The predicted octanol–water partition coefficient (Wildman–Crippen LogP) is 22.4. The van der Waals surface area contributed by atoms with Crippen molar-refractivity contribution in [1.82, 2.24) is 10.6 Å². The monoisotopic (exact) mass is 1810 g/mol. The van der Waals surface area contributed by atoms with Gasteiger partial charge in [0.05, 0.1) is 32.5 Å². The van der Waals surface area contributed by atoms with E-state index in [2.05, 4.69) is 52.2 Å². The van der Waals surface area contributed by atoms with Crippen LogP contribution in [-0.2, 0) is 80.1 Å². The lowest BCUT2D eigenvalue weighted by Gasteiger charge is -2.46. The largest absolute Gasteiger partial charge is 0.472 e. The average molecular weight is 1810 g/mol. The minimum atomic E-state index is -5.65. The van der Waals surface area contributed by atoms with Crippen molar-refractivity contribution in [1.29, 1.82) is 0 Å². The smallest absolute Gasteiger partial charge is 0.462 e. The number of esters is 4. The fourth-order valence-electron chi connectivity index (χ4n) is 16.9. The van der Waals surface area contributed by atoms with Crippen LogP contribution in [0.5, 0.6) is 0 Å². The van der Waals surface area contributed by atoms with E-state index in [0.29, 0.717) is 44.9 Å². The molecule has 0 aliphatic carbocycles. The van der Waals surface area contributed by atoms with Crippen molar-refractivity contribution in [3.05, 3.63) is 0 Å². The third kappa shape index (κ3) is 63.0. The summed E-state index contributed by atoms with van der Waals surface area (Å²) in [4.78, 5) is 127. The van der Waals surface area contributed by atoms with Gasteiger partial charge in [0, 0.05) is 19.3 Å². The van der Waals surface area contributed by atoms with Crippen LogP contribution in [0.3, 0.4) is 0 Å². The van der Waals surface area contributed by atoms with Crippen molar-refractivity contribution in [2.24, 2.45) is 0 Å². The summed E-state index contributed by atoms with van der Waals surface area (Å²) in [5.41, 5.74) is 0. The van der Waals surface area contributed by atoms with Crippen molar-refractivity contribution in [3.63, 3.8) is 0 Å². The van der Waals surface area contributed by atoms with Crippen LogP contribution in [0.2, 0.25) is 0 Å². The third-order valence-corrected chi connectivity index (χ3v) is 25.3. The highest BCUT2D eigenvalue weighted by Crippen LogP contribution is 2.44. The Balaban J connectivity index is 2.64. The van der Waals surface area contributed by atoms with Crippen LogP contribution in [0, 0.1) is 0 Å². The number of carbonyl (C=O) groups excluding carboxylic acids is 6. The summed E-state index contributed by atoms with van der Waals surface area (Å²) < 4.78 is 79.3. The highest BCUT2D eigenvalue weighted by molar-refractivity contribution is 7.46. The van der Waals surface area contributed by atoms with Crippen molar-refractivity contribution in [2.45, 2.75) is 564 Å². The van der Waals surface area contributed by atoms with E-state index in [1.165, 1.54) is 167 Å². The minimum Gasteiger partial charge on any atom is -0.462 e. The van der Waals surface area contributed by atoms with Crippen molar-refractivity contribution in [2.75, 3.05) is 13.2 Å². The number of aliphatic hydroxyl groups excluding tert-OH is 3. The molecule has 9 N–H and O–H groups in total. The van der Waals surface area contributed by atoms with E-state index in [4.69, 9.17) is 42.2 Å². The molecule has 0 aromatic heterocycles. The number of rotatable bonds is 86. The van der Waals surface area contributed by atoms with Crippen molar-refractivity contribution < 1.29 is 115 Å². The Morgan fingerprint density at radius 2 is 0.581 bits per heavy atom. The zero-order valence-corrected chi connectivity index (χ0v) is 80.5. The Morgan fingerprint density at radius 1 is 0.315 bits per heavy atom. The average Bonchev–Trinajstić information content (AvgIpc) is 0.780. The molecule has 0 radical (unpaired) electrons. The van der Waals surface area contributed by atoms with Crippen LogP contribution in [-0.4, -0.2) is 163 Å². The van der Waals surface area contributed by atoms with Gasteiger partial charge in [-0.1, -0.05) is 388 Å². The maximum absolute atomic E-state index is 15.0. The molecule has 730 valence electrons. The predicted molar refractivity (Wildman–Crippen MR) is 488 cm³/mol. The number of hydrogen-bond acceptors (Lipinski definition) is 20. The lowest BCUT2D eigenvalue weighted by molar-refractivity contribution is -0.296. The van der Waals surface area contributed by atoms with Crippen molar-refractivity contribution in [3.8, 4) is 0 Å². The van der Waals surface area contributed by atoms with E-state index < -0.39 is 163 Å².